The van der Waals surface area contributed by atoms with Gasteiger partial charge < -0.3 is 14.8 Å². The Bertz CT molecular complexity index is 1010. The second-order valence-corrected chi connectivity index (χ2v) is 8.40. The second-order valence-electron chi connectivity index (χ2n) is 7.35. The van der Waals surface area contributed by atoms with Crippen LogP contribution in [0.25, 0.3) is 10.1 Å². The standard InChI is InChI=1S/C23H27N3O2S/c1-17-18-7-3-6-10-22(18)29-23(17)19(24-27)11-12-25-13-15-26(16-14-25)20-8-4-5-9-21(20)28-2/h3-10,27H,11-16H2,1-2H3. The number of rotatable bonds is 6. The lowest BCUT2D eigenvalue weighted by Gasteiger charge is -2.36. The summed E-state index contributed by atoms with van der Waals surface area (Å²) >= 11 is 1.71. The number of methoxy groups -OCH3 is 1. The average Bonchev–Trinajstić information content (AvgIpc) is 3.11. The lowest BCUT2D eigenvalue weighted by Crippen LogP contribution is -2.47. The minimum absolute atomic E-state index is 0.749. The predicted octanol–water partition coefficient (Wildman–Crippen LogP) is 4.61. The molecule has 152 valence electrons. The molecule has 4 rings (SSSR count). The molecule has 0 amide bonds. The molecule has 1 fully saturated rings. The summed E-state index contributed by atoms with van der Waals surface area (Å²) in [6, 6.07) is 16.6. The van der Waals surface area contributed by atoms with E-state index in [1.54, 1.807) is 18.4 Å². The highest BCUT2D eigenvalue weighted by atomic mass is 32.1. The third kappa shape index (κ3) is 4.09. The molecule has 1 aliphatic rings. The first-order valence-electron chi connectivity index (χ1n) is 10.0. The Hall–Kier alpha value is -2.57. The molecule has 2 aromatic carbocycles. The number of aryl methyl sites for hydroxylation is 1. The number of piperazine rings is 1. The van der Waals surface area contributed by atoms with E-state index >= 15 is 0 Å². The van der Waals surface area contributed by atoms with Crippen molar-refractivity contribution in [1.29, 1.82) is 0 Å². The van der Waals surface area contributed by atoms with Crippen LogP contribution in [0, 0.1) is 6.92 Å². The van der Waals surface area contributed by atoms with Gasteiger partial charge in [-0.15, -0.1) is 11.3 Å². The Morgan fingerprint density at radius 3 is 2.52 bits per heavy atom. The average molecular weight is 410 g/mol. The number of ether oxygens (including phenoxy) is 1. The van der Waals surface area contributed by atoms with Gasteiger partial charge in [0.1, 0.15) is 5.75 Å². The minimum Gasteiger partial charge on any atom is -0.495 e. The summed E-state index contributed by atoms with van der Waals surface area (Å²) in [5.41, 5.74) is 3.16. The number of thiophene rings is 1. The summed E-state index contributed by atoms with van der Waals surface area (Å²) in [6.07, 6.45) is 0.749. The van der Waals surface area contributed by atoms with Gasteiger partial charge in [0.15, 0.2) is 0 Å². The van der Waals surface area contributed by atoms with Crippen LogP contribution in [0.1, 0.15) is 16.9 Å². The number of nitrogens with zero attached hydrogens (tertiary/aromatic N) is 3. The van der Waals surface area contributed by atoms with Crippen LogP contribution in [0.3, 0.4) is 0 Å². The van der Waals surface area contributed by atoms with Crippen molar-refractivity contribution >= 4 is 32.8 Å². The van der Waals surface area contributed by atoms with Crippen LogP contribution in [0.4, 0.5) is 5.69 Å². The maximum absolute atomic E-state index is 9.66. The first-order valence-corrected chi connectivity index (χ1v) is 10.8. The summed E-state index contributed by atoms with van der Waals surface area (Å²) in [4.78, 5) is 5.92. The van der Waals surface area contributed by atoms with E-state index in [9.17, 15) is 5.21 Å². The van der Waals surface area contributed by atoms with Gasteiger partial charge in [-0.05, 0) is 36.1 Å². The zero-order chi connectivity index (χ0) is 20.2. The molecule has 1 aliphatic heterocycles. The summed E-state index contributed by atoms with van der Waals surface area (Å²) in [6.45, 7) is 6.92. The van der Waals surface area contributed by atoms with E-state index in [2.05, 4.69) is 58.3 Å². The highest BCUT2D eigenvalue weighted by molar-refractivity contribution is 7.21. The molecule has 0 aliphatic carbocycles. The van der Waals surface area contributed by atoms with Crippen molar-refractivity contribution < 1.29 is 9.94 Å². The molecule has 0 bridgehead atoms. The SMILES string of the molecule is COc1ccccc1N1CCN(CCC(=NO)c2sc3ccccc3c2C)CC1. The highest BCUT2D eigenvalue weighted by Crippen LogP contribution is 2.32. The fourth-order valence-corrected chi connectivity index (χ4v) is 5.25. The molecule has 0 atom stereocenters. The van der Waals surface area contributed by atoms with E-state index in [-0.39, 0.29) is 0 Å². The largest absolute Gasteiger partial charge is 0.495 e. The molecule has 6 heteroatoms. The van der Waals surface area contributed by atoms with Crippen molar-refractivity contribution in [2.45, 2.75) is 13.3 Å². The van der Waals surface area contributed by atoms with Gasteiger partial charge in [-0.3, -0.25) is 4.90 Å². The zero-order valence-corrected chi connectivity index (χ0v) is 17.8. The van der Waals surface area contributed by atoms with Crippen molar-refractivity contribution in [3.63, 3.8) is 0 Å². The minimum atomic E-state index is 0.749. The fraction of sp³-hybridized carbons (Fsp3) is 0.348. The Labute approximate surface area is 175 Å². The smallest absolute Gasteiger partial charge is 0.142 e. The molecule has 2 heterocycles. The maximum atomic E-state index is 9.66. The summed E-state index contributed by atoms with van der Waals surface area (Å²) in [5.74, 6) is 0.927. The quantitative estimate of drug-likeness (QED) is 0.367. The lowest BCUT2D eigenvalue weighted by molar-refractivity contribution is 0.262. The van der Waals surface area contributed by atoms with Crippen LogP contribution < -0.4 is 9.64 Å². The van der Waals surface area contributed by atoms with Crippen molar-refractivity contribution in [3.8, 4) is 5.75 Å². The van der Waals surface area contributed by atoms with E-state index in [1.165, 1.54) is 15.6 Å². The normalized spacial score (nSPS) is 15.8. The van der Waals surface area contributed by atoms with Gasteiger partial charge in [-0.25, -0.2) is 0 Å². The summed E-state index contributed by atoms with van der Waals surface area (Å²) < 4.78 is 6.75. The maximum Gasteiger partial charge on any atom is 0.142 e. The van der Waals surface area contributed by atoms with Crippen molar-refractivity contribution in [3.05, 3.63) is 59.0 Å². The molecule has 5 nitrogen and oxygen atoms in total. The number of benzene rings is 2. The van der Waals surface area contributed by atoms with Gasteiger partial charge in [-0.2, -0.15) is 0 Å². The van der Waals surface area contributed by atoms with Crippen molar-refractivity contribution in [2.75, 3.05) is 44.7 Å². The third-order valence-electron chi connectivity index (χ3n) is 5.69. The number of anilines is 1. The van der Waals surface area contributed by atoms with E-state index in [4.69, 9.17) is 4.74 Å². The molecule has 29 heavy (non-hydrogen) atoms. The number of para-hydroxylation sites is 2. The van der Waals surface area contributed by atoms with Crippen LogP contribution >= 0.6 is 11.3 Å². The molecule has 1 N–H and O–H groups in total. The van der Waals surface area contributed by atoms with E-state index < -0.39 is 0 Å². The van der Waals surface area contributed by atoms with Gasteiger partial charge in [0.2, 0.25) is 0 Å². The summed E-state index contributed by atoms with van der Waals surface area (Å²) in [5, 5.41) is 14.6. The number of hydrogen-bond donors (Lipinski definition) is 1. The predicted molar refractivity (Wildman–Crippen MR) is 121 cm³/mol. The first-order chi connectivity index (χ1) is 14.2. The van der Waals surface area contributed by atoms with E-state index in [1.807, 2.05) is 12.1 Å². The van der Waals surface area contributed by atoms with Crippen LogP contribution in [0.15, 0.2) is 53.7 Å². The van der Waals surface area contributed by atoms with Gasteiger partial charge in [-0.1, -0.05) is 35.5 Å². The van der Waals surface area contributed by atoms with Crippen LogP contribution in [-0.4, -0.2) is 55.7 Å². The molecule has 1 aromatic heterocycles. The van der Waals surface area contributed by atoms with Crippen LogP contribution in [0.2, 0.25) is 0 Å². The van der Waals surface area contributed by atoms with Crippen LogP contribution in [-0.2, 0) is 0 Å². The Morgan fingerprint density at radius 2 is 1.79 bits per heavy atom. The molecule has 0 saturated carbocycles. The number of oxime groups is 1. The molecule has 1 saturated heterocycles. The zero-order valence-electron chi connectivity index (χ0n) is 17.0. The molecular formula is C23H27N3O2S. The monoisotopic (exact) mass is 409 g/mol. The second kappa shape index (κ2) is 8.84. The molecular weight excluding hydrogens is 382 g/mol. The van der Waals surface area contributed by atoms with Crippen molar-refractivity contribution in [2.24, 2.45) is 5.16 Å². The molecule has 0 radical (unpaired) electrons. The van der Waals surface area contributed by atoms with Gasteiger partial charge in [0.25, 0.3) is 0 Å². The Balaban J connectivity index is 1.37. The van der Waals surface area contributed by atoms with E-state index in [0.717, 1.165) is 61.2 Å². The molecule has 3 aromatic rings. The van der Waals surface area contributed by atoms with E-state index in [0.29, 0.717) is 0 Å². The topological polar surface area (TPSA) is 48.3 Å². The summed E-state index contributed by atoms with van der Waals surface area (Å²) in [7, 11) is 1.72. The van der Waals surface area contributed by atoms with Gasteiger partial charge in [0.05, 0.1) is 23.4 Å². The third-order valence-corrected chi connectivity index (χ3v) is 7.01. The molecule has 0 spiro atoms. The van der Waals surface area contributed by atoms with Gasteiger partial charge >= 0.3 is 0 Å². The fourth-order valence-electron chi connectivity index (χ4n) is 4.03. The first kappa shape index (κ1) is 19.7. The number of hydrogen-bond acceptors (Lipinski definition) is 6. The van der Waals surface area contributed by atoms with Crippen LogP contribution in [0.5, 0.6) is 5.75 Å². The van der Waals surface area contributed by atoms with Crippen molar-refractivity contribution in [1.82, 2.24) is 4.90 Å². The molecule has 0 unspecified atom stereocenters. The highest BCUT2D eigenvalue weighted by Gasteiger charge is 2.21. The number of fused-ring (bicyclic) bond motifs is 1. The Morgan fingerprint density at radius 1 is 1.07 bits per heavy atom. The van der Waals surface area contributed by atoms with Gasteiger partial charge in [0, 0.05) is 43.8 Å². The Kier molecular flexibility index (Phi) is 6.02. The lowest BCUT2D eigenvalue weighted by atomic mass is 10.1.